The maximum absolute atomic E-state index is 13.0. The van der Waals surface area contributed by atoms with Crippen molar-refractivity contribution in [1.29, 1.82) is 5.26 Å². The minimum atomic E-state index is -4.68. The molecule has 0 spiro atoms. The van der Waals surface area contributed by atoms with E-state index in [0.717, 1.165) is 17.0 Å². The zero-order valence-electron chi connectivity index (χ0n) is 11.6. The highest BCUT2D eigenvalue weighted by Crippen LogP contribution is 2.35. The first-order chi connectivity index (χ1) is 10.3. The number of amides is 1. The predicted molar refractivity (Wildman–Crippen MR) is 78.1 cm³/mol. The van der Waals surface area contributed by atoms with Gasteiger partial charge < -0.3 is 4.90 Å². The van der Waals surface area contributed by atoms with Crippen LogP contribution < -0.4 is 4.90 Å². The summed E-state index contributed by atoms with van der Waals surface area (Å²) in [7, 11) is 1.68. The second kappa shape index (κ2) is 5.93. The first kappa shape index (κ1) is 16.2. The van der Waals surface area contributed by atoms with Crippen molar-refractivity contribution in [2.45, 2.75) is 19.0 Å². The van der Waals surface area contributed by atoms with Crippen LogP contribution in [-0.2, 0) is 11.0 Å². The van der Waals surface area contributed by atoms with Gasteiger partial charge in [0.2, 0.25) is 5.91 Å². The summed E-state index contributed by atoms with van der Waals surface area (Å²) >= 11 is 5.18. The van der Waals surface area contributed by atoms with E-state index in [-0.39, 0.29) is 23.1 Å². The van der Waals surface area contributed by atoms with Crippen LogP contribution in [0.3, 0.4) is 0 Å². The molecule has 1 aromatic rings. The van der Waals surface area contributed by atoms with E-state index in [0.29, 0.717) is 13.0 Å². The van der Waals surface area contributed by atoms with E-state index in [2.05, 4.69) is 0 Å². The molecule has 1 fully saturated rings. The molecule has 1 aromatic carbocycles. The van der Waals surface area contributed by atoms with Crippen LogP contribution in [0.25, 0.3) is 0 Å². The zero-order chi connectivity index (χ0) is 16.5. The Labute approximate surface area is 130 Å². The minimum Gasteiger partial charge on any atom is -0.352 e. The Kier molecular flexibility index (Phi) is 4.37. The number of thiocarbonyl (C=S) groups is 1. The third-order valence-corrected chi connectivity index (χ3v) is 3.83. The first-order valence-electron chi connectivity index (χ1n) is 6.45. The summed E-state index contributed by atoms with van der Waals surface area (Å²) in [4.78, 5) is 14.9. The lowest BCUT2D eigenvalue weighted by molar-refractivity contribution is -0.137. The summed E-state index contributed by atoms with van der Waals surface area (Å²) in [5, 5.41) is 8.96. The predicted octanol–water partition coefficient (Wildman–Crippen LogP) is 2.92. The molecule has 2 rings (SSSR count). The SMILES string of the molecule is CN1CCCC(=O)N(c2ccc(C#N)c(C(F)(F)F)c2)C1=S. The van der Waals surface area contributed by atoms with Gasteiger partial charge in [-0.1, -0.05) is 0 Å². The molecule has 1 aliphatic rings. The molecule has 0 N–H and O–H groups in total. The van der Waals surface area contributed by atoms with Crippen molar-refractivity contribution in [3.63, 3.8) is 0 Å². The molecular weight excluding hydrogens is 315 g/mol. The van der Waals surface area contributed by atoms with E-state index >= 15 is 0 Å². The van der Waals surface area contributed by atoms with E-state index in [1.807, 2.05) is 0 Å². The van der Waals surface area contributed by atoms with Gasteiger partial charge in [-0.15, -0.1) is 0 Å². The lowest BCUT2D eigenvalue weighted by Crippen LogP contribution is -2.42. The molecule has 22 heavy (non-hydrogen) atoms. The maximum Gasteiger partial charge on any atom is 0.417 e. The molecule has 0 bridgehead atoms. The van der Waals surface area contributed by atoms with Gasteiger partial charge >= 0.3 is 6.18 Å². The number of nitriles is 1. The van der Waals surface area contributed by atoms with Crippen LogP contribution in [0.1, 0.15) is 24.0 Å². The molecule has 4 nitrogen and oxygen atoms in total. The van der Waals surface area contributed by atoms with E-state index in [1.54, 1.807) is 11.9 Å². The fourth-order valence-electron chi connectivity index (χ4n) is 2.21. The number of halogens is 3. The number of benzene rings is 1. The van der Waals surface area contributed by atoms with Crippen molar-refractivity contribution >= 4 is 28.9 Å². The average molecular weight is 327 g/mol. The topological polar surface area (TPSA) is 47.3 Å². The number of alkyl halides is 3. The summed E-state index contributed by atoms with van der Waals surface area (Å²) in [5.74, 6) is -0.354. The molecule has 0 saturated carbocycles. The van der Waals surface area contributed by atoms with Crippen molar-refractivity contribution in [3.05, 3.63) is 29.3 Å². The largest absolute Gasteiger partial charge is 0.417 e. The van der Waals surface area contributed by atoms with Gasteiger partial charge in [0.25, 0.3) is 0 Å². The number of carbonyl (C=O) groups is 1. The molecule has 0 radical (unpaired) electrons. The zero-order valence-corrected chi connectivity index (χ0v) is 12.5. The molecular formula is C14H12F3N3OS. The van der Waals surface area contributed by atoms with E-state index in [4.69, 9.17) is 17.5 Å². The van der Waals surface area contributed by atoms with Gasteiger partial charge in [-0.05, 0) is 36.8 Å². The second-order valence-corrected chi connectivity index (χ2v) is 5.24. The Bertz CT molecular complexity index is 666. The Hall–Kier alpha value is -2.14. The molecule has 1 saturated heterocycles. The monoisotopic (exact) mass is 327 g/mol. The van der Waals surface area contributed by atoms with Crippen LogP contribution >= 0.6 is 12.2 Å². The number of nitrogens with zero attached hydrogens (tertiary/aromatic N) is 3. The Balaban J connectivity index is 2.54. The van der Waals surface area contributed by atoms with Gasteiger partial charge in [0.05, 0.1) is 22.9 Å². The number of anilines is 1. The van der Waals surface area contributed by atoms with Gasteiger partial charge in [0.15, 0.2) is 5.11 Å². The Morgan fingerprint density at radius 3 is 2.64 bits per heavy atom. The summed E-state index contributed by atoms with van der Waals surface area (Å²) < 4.78 is 39.1. The normalized spacial score (nSPS) is 16.5. The molecule has 8 heteroatoms. The third-order valence-electron chi connectivity index (χ3n) is 3.34. The van der Waals surface area contributed by atoms with E-state index < -0.39 is 17.3 Å². The summed E-state index contributed by atoms with van der Waals surface area (Å²) in [6.45, 7) is 0.559. The third kappa shape index (κ3) is 3.04. The molecule has 0 aliphatic carbocycles. The van der Waals surface area contributed by atoms with Gasteiger partial charge in [-0.25, -0.2) is 0 Å². The van der Waals surface area contributed by atoms with Gasteiger partial charge in [0.1, 0.15) is 0 Å². The van der Waals surface area contributed by atoms with E-state index in [9.17, 15) is 18.0 Å². The summed E-state index contributed by atoms with van der Waals surface area (Å²) in [6, 6.07) is 4.66. The highest BCUT2D eigenvalue weighted by molar-refractivity contribution is 7.80. The molecule has 0 atom stereocenters. The van der Waals surface area contributed by atoms with Gasteiger partial charge in [-0.2, -0.15) is 18.4 Å². The van der Waals surface area contributed by atoms with Crippen LogP contribution in [-0.4, -0.2) is 29.5 Å². The fraction of sp³-hybridized carbons (Fsp3) is 0.357. The number of rotatable bonds is 1. The quantitative estimate of drug-likeness (QED) is 0.744. The fourth-order valence-corrected chi connectivity index (χ4v) is 2.51. The van der Waals surface area contributed by atoms with Crippen LogP contribution in [0.4, 0.5) is 18.9 Å². The van der Waals surface area contributed by atoms with Crippen molar-refractivity contribution in [2.75, 3.05) is 18.5 Å². The van der Waals surface area contributed by atoms with Crippen molar-refractivity contribution in [2.24, 2.45) is 0 Å². The molecule has 1 heterocycles. The van der Waals surface area contributed by atoms with Gasteiger partial charge in [-0.3, -0.25) is 9.69 Å². The van der Waals surface area contributed by atoms with Crippen LogP contribution in [0.15, 0.2) is 18.2 Å². The van der Waals surface area contributed by atoms with Crippen molar-refractivity contribution in [1.82, 2.24) is 4.90 Å². The highest BCUT2D eigenvalue weighted by atomic mass is 32.1. The average Bonchev–Trinajstić information content (AvgIpc) is 2.57. The molecule has 1 amide bonds. The Morgan fingerprint density at radius 1 is 1.36 bits per heavy atom. The molecule has 0 aromatic heterocycles. The highest BCUT2D eigenvalue weighted by Gasteiger charge is 2.35. The van der Waals surface area contributed by atoms with Crippen molar-refractivity contribution in [3.8, 4) is 6.07 Å². The first-order valence-corrected chi connectivity index (χ1v) is 6.86. The Morgan fingerprint density at radius 2 is 2.05 bits per heavy atom. The molecule has 1 aliphatic heterocycles. The number of carbonyl (C=O) groups excluding carboxylic acids is 1. The van der Waals surface area contributed by atoms with E-state index in [1.165, 1.54) is 12.1 Å². The maximum atomic E-state index is 13.0. The van der Waals surface area contributed by atoms with Crippen LogP contribution in [0.2, 0.25) is 0 Å². The second-order valence-electron chi connectivity index (χ2n) is 4.88. The minimum absolute atomic E-state index is 0.0232. The lowest BCUT2D eigenvalue weighted by Gasteiger charge is -2.27. The van der Waals surface area contributed by atoms with Gasteiger partial charge in [0, 0.05) is 20.0 Å². The molecule has 116 valence electrons. The van der Waals surface area contributed by atoms with Crippen LogP contribution in [0, 0.1) is 11.3 Å². The lowest BCUT2D eigenvalue weighted by atomic mass is 10.1. The standard InChI is InChI=1S/C14H12F3N3OS/c1-19-6-2-3-12(21)20(13(19)22)10-5-4-9(8-18)11(7-10)14(15,16)17/h4-5,7H,2-3,6H2,1H3. The van der Waals surface area contributed by atoms with Crippen molar-refractivity contribution < 1.29 is 18.0 Å². The smallest absolute Gasteiger partial charge is 0.352 e. The summed E-state index contributed by atoms with van der Waals surface area (Å²) in [6.07, 6.45) is -3.90. The number of hydrogen-bond donors (Lipinski definition) is 0. The molecule has 0 unspecified atom stereocenters. The number of hydrogen-bond acceptors (Lipinski definition) is 3. The summed E-state index contributed by atoms with van der Waals surface area (Å²) in [5.41, 5.74) is -1.54. The van der Waals surface area contributed by atoms with Crippen LogP contribution in [0.5, 0.6) is 0 Å².